The third-order valence-corrected chi connectivity index (χ3v) is 15.0. The molecule has 8 rings (SSSR count). The summed E-state index contributed by atoms with van der Waals surface area (Å²) in [6.45, 7) is 6.82. The average Bonchev–Trinajstić information content (AvgIpc) is 3.98. The highest BCUT2D eigenvalue weighted by molar-refractivity contribution is 8.02. The number of carboxylic acids is 2. The molecule has 4 N–H and O–H groups in total. The van der Waals surface area contributed by atoms with Crippen LogP contribution < -0.4 is 10.6 Å². The molecule has 3 aromatic heterocycles. The largest absolute Gasteiger partial charge is 0.480 e. The van der Waals surface area contributed by atoms with Crippen molar-refractivity contribution in [1.82, 2.24) is 56.0 Å². The molecule has 0 saturated carbocycles. The summed E-state index contributed by atoms with van der Waals surface area (Å²) in [4.78, 5) is 76.5. The van der Waals surface area contributed by atoms with Gasteiger partial charge in [-0.05, 0) is 55.8 Å². The molecule has 26 heteroatoms. The van der Waals surface area contributed by atoms with Gasteiger partial charge >= 0.3 is 11.9 Å². The lowest BCUT2D eigenvalue weighted by Crippen LogP contribution is -2.70. The highest BCUT2D eigenvalue weighted by Gasteiger charge is 2.64. The van der Waals surface area contributed by atoms with Gasteiger partial charge in [0.2, 0.25) is 11.8 Å². The molecule has 3 fully saturated rings. The van der Waals surface area contributed by atoms with Gasteiger partial charge < -0.3 is 30.3 Å². The van der Waals surface area contributed by atoms with Gasteiger partial charge in [-0.2, -0.15) is 0 Å². The van der Waals surface area contributed by atoms with Crippen molar-refractivity contribution >= 4 is 105 Å². The maximum Gasteiger partial charge on any atom is 0.352 e. The molecule has 0 unspecified atom stereocenters. The number of carboxylic acid groups (broad SMARTS) is 2. The third kappa shape index (κ3) is 8.12. The first-order chi connectivity index (χ1) is 28.0. The average molecular weight is 925 g/mol. The summed E-state index contributed by atoms with van der Waals surface area (Å²) < 4.78 is 6.50. The minimum atomic E-state index is -1.16. The molecule has 0 aliphatic carbocycles. The zero-order valence-corrected chi connectivity index (χ0v) is 35.8. The number of benzene rings is 1. The first-order valence-electron chi connectivity index (χ1n) is 17.3. The number of β-lactam (4-membered cyclic amide) rings is 2. The van der Waals surface area contributed by atoms with Crippen LogP contribution in [0.4, 0.5) is 0 Å². The van der Waals surface area contributed by atoms with E-state index in [-0.39, 0.29) is 29.3 Å². The molecular formula is C33H31Cl2N11O9S4. The van der Waals surface area contributed by atoms with Gasteiger partial charge in [0.15, 0.2) is 4.34 Å². The van der Waals surface area contributed by atoms with Crippen molar-refractivity contribution in [2.24, 2.45) is 0 Å². The number of halogens is 2. The number of carbonyl (C=O) groups excluding carboxylic acids is 4. The quantitative estimate of drug-likeness (QED) is 0.124. The van der Waals surface area contributed by atoms with Gasteiger partial charge in [0, 0.05) is 21.8 Å². The zero-order valence-electron chi connectivity index (χ0n) is 31.0. The second-order valence-corrected chi connectivity index (χ2v) is 19.8. The smallest absolute Gasteiger partial charge is 0.352 e. The van der Waals surface area contributed by atoms with E-state index >= 15 is 0 Å². The molecule has 4 amide bonds. The van der Waals surface area contributed by atoms with E-state index in [4.69, 9.17) is 27.7 Å². The number of amides is 4. The minimum absolute atomic E-state index is 0.0153. The molecule has 7 heterocycles. The monoisotopic (exact) mass is 923 g/mol. The van der Waals surface area contributed by atoms with Gasteiger partial charge in [-0.15, -0.1) is 38.8 Å². The fourth-order valence-corrected chi connectivity index (χ4v) is 12.3. The number of carbonyl (C=O) groups is 6. The van der Waals surface area contributed by atoms with Crippen LogP contribution in [-0.4, -0.2) is 136 Å². The Morgan fingerprint density at radius 1 is 1.03 bits per heavy atom. The van der Waals surface area contributed by atoms with E-state index in [0.717, 1.165) is 9.35 Å². The van der Waals surface area contributed by atoms with Gasteiger partial charge in [0.05, 0.1) is 10.0 Å². The van der Waals surface area contributed by atoms with Crippen LogP contribution in [0.5, 0.6) is 0 Å². The summed E-state index contributed by atoms with van der Waals surface area (Å²) in [6, 6.07) is 2.31. The van der Waals surface area contributed by atoms with E-state index in [2.05, 4.69) is 41.5 Å². The van der Waals surface area contributed by atoms with Crippen LogP contribution in [0.2, 0.25) is 10.0 Å². The van der Waals surface area contributed by atoms with Crippen molar-refractivity contribution in [3.05, 3.63) is 62.2 Å². The molecule has 0 bridgehead atoms. The second kappa shape index (κ2) is 16.7. The molecule has 3 saturated heterocycles. The van der Waals surface area contributed by atoms with Gasteiger partial charge in [0.25, 0.3) is 11.8 Å². The van der Waals surface area contributed by atoms with Crippen LogP contribution >= 0.6 is 69.8 Å². The normalized spacial score (nSPS) is 22.7. The predicted octanol–water partition coefficient (Wildman–Crippen LogP) is 2.57. The van der Waals surface area contributed by atoms with Crippen LogP contribution in [0.1, 0.15) is 35.0 Å². The maximum absolute atomic E-state index is 13.1. The van der Waals surface area contributed by atoms with Crippen LogP contribution in [0.3, 0.4) is 0 Å². The maximum atomic E-state index is 13.1. The second-order valence-electron chi connectivity index (χ2n) is 13.7. The molecule has 4 aliphatic rings. The first-order valence-corrected chi connectivity index (χ1v) is 21.7. The van der Waals surface area contributed by atoms with Crippen LogP contribution in [0, 0.1) is 13.8 Å². The number of aryl methyl sites for hydroxylation is 2. The zero-order chi connectivity index (χ0) is 42.5. The number of thioether (sulfide) groups is 3. The topological polar surface area (TPSA) is 269 Å². The Balaban J connectivity index is 0.000000179. The van der Waals surface area contributed by atoms with E-state index < -0.39 is 69.2 Å². The molecular weight excluding hydrogens is 894 g/mol. The lowest BCUT2D eigenvalue weighted by Gasteiger charge is -2.49. The summed E-state index contributed by atoms with van der Waals surface area (Å²) in [5.41, 5.74) is 1.27. The predicted molar refractivity (Wildman–Crippen MR) is 215 cm³/mol. The Kier molecular flexibility index (Phi) is 12.0. The lowest BCUT2D eigenvalue weighted by atomic mass is 9.95. The van der Waals surface area contributed by atoms with Crippen molar-refractivity contribution in [2.75, 3.05) is 11.5 Å². The Bertz CT molecular complexity index is 2390. The fraction of sp³-hybridized carbons (Fsp3) is 0.394. The summed E-state index contributed by atoms with van der Waals surface area (Å²) in [6.07, 6.45) is 1.29. The molecule has 0 radical (unpaired) electrons. The van der Waals surface area contributed by atoms with Crippen molar-refractivity contribution < 1.29 is 43.5 Å². The van der Waals surface area contributed by atoms with Crippen molar-refractivity contribution in [1.29, 1.82) is 0 Å². The highest BCUT2D eigenvalue weighted by Crippen LogP contribution is 2.51. The van der Waals surface area contributed by atoms with Crippen LogP contribution in [0.25, 0.3) is 11.3 Å². The van der Waals surface area contributed by atoms with Gasteiger partial charge in [-0.25, -0.2) is 14.3 Å². The number of aromatic nitrogens is 7. The Morgan fingerprint density at radius 2 is 1.75 bits per heavy atom. The van der Waals surface area contributed by atoms with Crippen molar-refractivity contribution in [2.45, 2.75) is 72.2 Å². The van der Waals surface area contributed by atoms with E-state index in [1.54, 1.807) is 39.0 Å². The van der Waals surface area contributed by atoms with E-state index in [0.29, 0.717) is 32.7 Å². The molecule has 4 aromatic rings. The Hall–Kier alpha value is -4.75. The number of rotatable bonds is 11. The standard InChI is InChI=1S/C19H17Cl2N3O5S.C14H14N8O4S3/c1-7-10(12(23-29-7)11-8(20)5-4-6-9(11)21)15(25)22-13-16(26)24-14(18(27)28)19(2,3)30-17(13)24;1-6-17-18-14(29-6)28-4-7-3-27-12-9(11(24)22(12)10(7)13(25)26)16-8(23)2-21-5-15-19-20-21/h4-6,13-14,17H,1-3H3,(H,22,25)(H,27,28);5,9,12H,2-4H2,1H3,(H,16,23)(H,25,26)/t13-,14+,17-;9-,12-/m11/s1. The SMILES string of the molecule is Cc1nnc(SCC2=C(C(=O)O)N3C(=O)[C@@H](NC(=O)Cn4cnnn4)[C@H]3SC2)s1.Cc1onc(-c2c(Cl)cccc2Cl)c1C(=O)N[C@@H]1C(=O)N2[C@@H]1SC(C)(C)[C@@H]2C(=O)O. The molecule has 20 nitrogen and oxygen atoms in total. The molecule has 1 aromatic carbocycles. The van der Waals surface area contributed by atoms with Crippen molar-refractivity contribution in [3.8, 4) is 11.3 Å². The number of hydrogen-bond acceptors (Lipinski definition) is 17. The molecule has 5 atom stereocenters. The summed E-state index contributed by atoms with van der Waals surface area (Å²) in [7, 11) is 0. The van der Waals surface area contributed by atoms with E-state index in [9.17, 15) is 39.0 Å². The Morgan fingerprint density at radius 3 is 2.37 bits per heavy atom. The summed E-state index contributed by atoms with van der Waals surface area (Å²) in [5, 5.41) is 47.4. The molecule has 310 valence electrons. The molecule has 4 aliphatic heterocycles. The third-order valence-electron chi connectivity index (χ3n) is 9.39. The van der Waals surface area contributed by atoms with Crippen LogP contribution in [0.15, 0.2) is 44.7 Å². The summed E-state index contributed by atoms with van der Waals surface area (Å²) >= 11 is 18.1. The molecule has 59 heavy (non-hydrogen) atoms. The lowest BCUT2D eigenvalue weighted by molar-refractivity contribution is -0.159. The molecule has 0 spiro atoms. The number of fused-ring (bicyclic) bond motifs is 2. The van der Waals surface area contributed by atoms with Crippen LogP contribution in [-0.2, 0) is 30.5 Å². The first kappa shape index (κ1) is 42.4. The number of hydrogen-bond donors (Lipinski definition) is 4. The van der Waals surface area contributed by atoms with Crippen molar-refractivity contribution in [3.63, 3.8) is 0 Å². The fourth-order valence-electron chi connectivity index (χ4n) is 6.79. The van der Waals surface area contributed by atoms with Gasteiger partial charge in [-0.3, -0.25) is 24.1 Å². The number of tetrazole rings is 1. The number of nitrogens with zero attached hydrogens (tertiary/aromatic N) is 9. The van der Waals surface area contributed by atoms with Gasteiger partial charge in [0.1, 0.15) is 69.5 Å². The Labute approximate surface area is 360 Å². The van der Waals surface area contributed by atoms with E-state index in [1.807, 2.05) is 6.92 Å². The van der Waals surface area contributed by atoms with Gasteiger partial charge in [-0.1, -0.05) is 57.5 Å². The minimum Gasteiger partial charge on any atom is -0.480 e. The summed E-state index contributed by atoms with van der Waals surface area (Å²) in [5.74, 6) is -3.03. The number of aliphatic carboxylic acids is 2. The number of nitrogens with one attached hydrogen (secondary N) is 2. The van der Waals surface area contributed by atoms with E-state index in [1.165, 1.54) is 67.4 Å². The highest BCUT2D eigenvalue weighted by atomic mass is 35.5.